The number of ether oxygens (including phenoxy) is 1. The van der Waals surface area contributed by atoms with E-state index in [0.717, 1.165) is 43.4 Å². The number of esters is 1. The van der Waals surface area contributed by atoms with Crippen LogP contribution in [0.4, 0.5) is 0 Å². The van der Waals surface area contributed by atoms with Gasteiger partial charge in [-0.15, -0.1) is 0 Å². The number of hydrogen-bond acceptors (Lipinski definition) is 4. The molecule has 0 aliphatic heterocycles. The second-order valence-corrected chi connectivity index (χ2v) is 8.68. The van der Waals surface area contributed by atoms with Crippen molar-refractivity contribution in [1.82, 2.24) is 9.47 Å². The topological polar surface area (TPSA) is 68.6 Å². The van der Waals surface area contributed by atoms with Crippen LogP contribution in [0.3, 0.4) is 0 Å². The number of carbonyl (C=O) groups excluding carboxylic acids is 3. The quantitative estimate of drug-likeness (QED) is 0.456. The molecular formula is C26H34N2O4. The lowest BCUT2D eigenvalue weighted by molar-refractivity contribution is 0.0584. The van der Waals surface area contributed by atoms with Crippen molar-refractivity contribution in [2.45, 2.75) is 72.4 Å². The third kappa shape index (κ3) is 4.64. The number of aryl methyl sites for hydroxylation is 1. The Balaban J connectivity index is 1.97. The van der Waals surface area contributed by atoms with E-state index in [2.05, 4.69) is 0 Å². The third-order valence-corrected chi connectivity index (χ3v) is 6.63. The molecule has 1 aromatic carbocycles. The monoisotopic (exact) mass is 438 g/mol. The number of amides is 1. The molecule has 1 amide bonds. The maximum absolute atomic E-state index is 13.6. The lowest BCUT2D eigenvalue weighted by Crippen LogP contribution is -2.44. The number of Topliss-reactive ketones (excluding diaryl/α,β-unsaturated/α-hetero) is 1. The third-order valence-electron chi connectivity index (χ3n) is 6.63. The van der Waals surface area contributed by atoms with E-state index in [9.17, 15) is 14.4 Å². The number of benzene rings is 1. The van der Waals surface area contributed by atoms with Crippen molar-refractivity contribution in [3.8, 4) is 0 Å². The minimum atomic E-state index is -0.452. The number of rotatable bonds is 7. The highest BCUT2D eigenvalue weighted by molar-refractivity contribution is 6.06. The van der Waals surface area contributed by atoms with Crippen LogP contribution in [0.5, 0.6) is 0 Å². The smallest absolute Gasteiger partial charge is 0.354 e. The van der Waals surface area contributed by atoms with Gasteiger partial charge in [0, 0.05) is 29.4 Å². The zero-order valence-corrected chi connectivity index (χ0v) is 19.9. The maximum atomic E-state index is 13.6. The molecule has 0 unspecified atom stereocenters. The summed E-state index contributed by atoms with van der Waals surface area (Å²) in [5, 5.41) is 0. The second kappa shape index (κ2) is 10.2. The van der Waals surface area contributed by atoms with Crippen molar-refractivity contribution in [1.29, 1.82) is 0 Å². The van der Waals surface area contributed by atoms with Gasteiger partial charge in [0.25, 0.3) is 5.91 Å². The lowest BCUT2D eigenvalue weighted by Gasteiger charge is -2.34. The van der Waals surface area contributed by atoms with Crippen LogP contribution in [0.2, 0.25) is 0 Å². The van der Waals surface area contributed by atoms with Crippen LogP contribution < -0.4 is 0 Å². The summed E-state index contributed by atoms with van der Waals surface area (Å²) in [5.41, 5.74) is 3.97. The molecule has 1 fully saturated rings. The van der Waals surface area contributed by atoms with Gasteiger partial charge in [0.15, 0.2) is 5.78 Å². The molecule has 0 spiro atoms. The van der Waals surface area contributed by atoms with Crippen molar-refractivity contribution in [2.24, 2.45) is 0 Å². The van der Waals surface area contributed by atoms with Crippen molar-refractivity contribution in [3.63, 3.8) is 0 Å². The molecule has 2 aromatic rings. The summed E-state index contributed by atoms with van der Waals surface area (Å²) in [5.74, 6) is -0.696. The van der Waals surface area contributed by atoms with E-state index in [1.807, 2.05) is 49.6 Å². The minimum absolute atomic E-state index is 0.00734. The molecule has 0 N–H and O–H groups in total. The fourth-order valence-corrected chi connectivity index (χ4v) is 4.92. The minimum Gasteiger partial charge on any atom is -0.464 e. The zero-order valence-electron chi connectivity index (χ0n) is 19.9. The maximum Gasteiger partial charge on any atom is 0.354 e. The average Bonchev–Trinajstić information content (AvgIpc) is 3.06. The lowest BCUT2D eigenvalue weighted by atomic mass is 9.93. The van der Waals surface area contributed by atoms with E-state index in [0.29, 0.717) is 28.9 Å². The fraction of sp³-hybridized carbons (Fsp3) is 0.500. The highest BCUT2D eigenvalue weighted by atomic mass is 16.5. The average molecular weight is 439 g/mol. The van der Waals surface area contributed by atoms with Gasteiger partial charge in [-0.25, -0.2) is 4.79 Å². The van der Waals surface area contributed by atoms with Gasteiger partial charge >= 0.3 is 5.97 Å². The molecule has 1 heterocycles. The summed E-state index contributed by atoms with van der Waals surface area (Å²) in [6.07, 6.45) is 5.11. The Labute approximate surface area is 190 Å². The van der Waals surface area contributed by atoms with E-state index < -0.39 is 5.97 Å². The van der Waals surface area contributed by atoms with Crippen LogP contribution in [0.1, 0.15) is 87.1 Å². The predicted molar refractivity (Wildman–Crippen MR) is 124 cm³/mol. The molecule has 1 aromatic heterocycles. The predicted octanol–water partition coefficient (Wildman–Crippen LogP) is 4.88. The highest BCUT2D eigenvalue weighted by Crippen LogP contribution is 2.27. The normalized spacial score (nSPS) is 14.3. The number of methoxy groups -OCH3 is 1. The summed E-state index contributed by atoms with van der Waals surface area (Å²) < 4.78 is 6.77. The first-order valence-electron chi connectivity index (χ1n) is 11.5. The molecule has 6 nitrogen and oxygen atoms in total. The Morgan fingerprint density at radius 3 is 2.22 bits per heavy atom. The molecule has 0 saturated heterocycles. The van der Waals surface area contributed by atoms with Gasteiger partial charge in [0.1, 0.15) is 5.69 Å². The van der Waals surface area contributed by atoms with Gasteiger partial charge in [-0.3, -0.25) is 9.59 Å². The Morgan fingerprint density at radius 1 is 1.03 bits per heavy atom. The van der Waals surface area contributed by atoms with Crippen LogP contribution in [0.25, 0.3) is 0 Å². The molecule has 0 radical (unpaired) electrons. The van der Waals surface area contributed by atoms with Crippen molar-refractivity contribution >= 4 is 17.7 Å². The Morgan fingerprint density at radius 2 is 1.66 bits per heavy atom. The molecule has 6 heteroatoms. The van der Waals surface area contributed by atoms with Gasteiger partial charge in [0.2, 0.25) is 0 Å². The van der Waals surface area contributed by atoms with Gasteiger partial charge in [0.05, 0.1) is 13.7 Å². The summed E-state index contributed by atoms with van der Waals surface area (Å²) in [4.78, 5) is 41.2. The molecule has 0 bridgehead atoms. The van der Waals surface area contributed by atoms with Gasteiger partial charge < -0.3 is 14.2 Å². The largest absolute Gasteiger partial charge is 0.464 e. The summed E-state index contributed by atoms with van der Waals surface area (Å²) in [6.45, 7) is 8.11. The van der Waals surface area contributed by atoms with Crippen LogP contribution in [-0.2, 0) is 11.3 Å². The van der Waals surface area contributed by atoms with E-state index in [1.54, 1.807) is 11.8 Å². The summed E-state index contributed by atoms with van der Waals surface area (Å²) in [7, 11) is 1.34. The van der Waals surface area contributed by atoms with Crippen LogP contribution in [0.15, 0.2) is 24.3 Å². The number of carbonyl (C=O) groups is 3. The molecule has 32 heavy (non-hydrogen) atoms. The first-order valence-corrected chi connectivity index (χ1v) is 11.5. The molecular weight excluding hydrogens is 404 g/mol. The first-order chi connectivity index (χ1) is 15.3. The Bertz CT molecular complexity index is 998. The Hall–Kier alpha value is -2.89. The molecule has 0 atom stereocenters. The Kier molecular flexibility index (Phi) is 7.54. The van der Waals surface area contributed by atoms with Crippen molar-refractivity contribution in [3.05, 3.63) is 57.9 Å². The van der Waals surface area contributed by atoms with E-state index >= 15 is 0 Å². The van der Waals surface area contributed by atoms with Crippen molar-refractivity contribution in [2.75, 3.05) is 13.7 Å². The molecule has 172 valence electrons. The molecule has 1 aliphatic carbocycles. The van der Waals surface area contributed by atoms with Crippen LogP contribution in [0, 0.1) is 20.8 Å². The highest BCUT2D eigenvalue weighted by Gasteiger charge is 2.32. The van der Waals surface area contributed by atoms with E-state index in [1.165, 1.54) is 7.11 Å². The summed E-state index contributed by atoms with van der Waals surface area (Å²) >= 11 is 0. The SMILES string of the molecule is CCn1c(C)c(C(=O)CN(C(=O)c2ccc(C)cc2)C2CCCCC2)c(C)c1C(=O)OC. The molecule has 1 saturated carbocycles. The molecule has 1 aliphatic rings. The fourth-order valence-electron chi connectivity index (χ4n) is 4.92. The van der Waals surface area contributed by atoms with Gasteiger partial charge in [-0.1, -0.05) is 37.0 Å². The van der Waals surface area contributed by atoms with Crippen LogP contribution >= 0.6 is 0 Å². The molecule has 3 rings (SSSR count). The van der Waals surface area contributed by atoms with E-state index in [-0.39, 0.29) is 24.3 Å². The van der Waals surface area contributed by atoms with Gasteiger partial charge in [-0.2, -0.15) is 0 Å². The number of ketones is 1. The first kappa shape index (κ1) is 23.8. The van der Waals surface area contributed by atoms with Crippen LogP contribution in [-0.4, -0.2) is 46.8 Å². The number of hydrogen-bond donors (Lipinski definition) is 0. The standard InChI is InChI=1S/C26H34N2O4/c1-6-27-19(4)23(18(3)24(27)26(31)32-5)22(29)16-28(21-10-8-7-9-11-21)25(30)20-14-12-17(2)13-15-20/h12-15,21H,6-11,16H2,1-5H3. The summed E-state index contributed by atoms with van der Waals surface area (Å²) in [6, 6.07) is 7.56. The number of nitrogens with zero attached hydrogens (tertiary/aromatic N) is 2. The second-order valence-electron chi connectivity index (χ2n) is 8.68. The number of aromatic nitrogens is 1. The van der Waals surface area contributed by atoms with E-state index in [4.69, 9.17) is 4.74 Å². The van der Waals surface area contributed by atoms with Gasteiger partial charge in [-0.05, 0) is 58.2 Å². The zero-order chi connectivity index (χ0) is 23.4. The van der Waals surface area contributed by atoms with Crippen molar-refractivity contribution < 1.29 is 19.1 Å².